The fraction of sp³-hybridized carbons (Fsp3) is 0.364. The molecule has 1 rings (SSSR count). The minimum Gasteiger partial charge on any atom is -0.480 e. The van der Waals surface area contributed by atoms with Crippen molar-refractivity contribution in [2.75, 3.05) is 0 Å². The van der Waals surface area contributed by atoms with Gasteiger partial charge in [0, 0.05) is 11.6 Å². The minimum atomic E-state index is -1.12. The van der Waals surface area contributed by atoms with E-state index < -0.39 is 16.9 Å². The Kier molecular flexibility index (Phi) is 4.17. The van der Waals surface area contributed by atoms with Gasteiger partial charge in [-0.2, -0.15) is 0 Å². The van der Waals surface area contributed by atoms with Crippen LogP contribution in [0.1, 0.15) is 18.1 Å². The number of hydrogen-bond donors (Lipinski definition) is 2. The number of aliphatic carboxylic acids is 1. The summed E-state index contributed by atoms with van der Waals surface area (Å²) in [6.45, 7) is 1.82. The largest absolute Gasteiger partial charge is 0.480 e. The van der Waals surface area contributed by atoms with Crippen molar-refractivity contribution >= 4 is 11.7 Å². The first-order chi connectivity index (χ1) is 7.95. The summed E-state index contributed by atoms with van der Waals surface area (Å²) in [5.74, 6) is -1.12. The van der Waals surface area contributed by atoms with Crippen LogP contribution < -0.4 is 5.73 Å². The Morgan fingerprint density at radius 2 is 2.24 bits per heavy atom. The summed E-state index contributed by atoms with van der Waals surface area (Å²) in [5, 5.41) is 19.5. The van der Waals surface area contributed by atoms with Gasteiger partial charge in [0.1, 0.15) is 6.04 Å². The summed E-state index contributed by atoms with van der Waals surface area (Å²) in [5.41, 5.74) is 6.58. The number of benzene rings is 1. The molecule has 1 aromatic carbocycles. The van der Waals surface area contributed by atoms with E-state index in [1.165, 1.54) is 6.07 Å². The zero-order valence-electron chi connectivity index (χ0n) is 9.42. The van der Waals surface area contributed by atoms with Crippen molar-refractivity contribution in [3.05, 3.63) is 39.4 Å². The summed E-state index contributed by atoms with van der Waals surface area (Å²) < 4.78 is 0. The number of carbonyl (C=O) groups is 1. The van der Waals surface area contributed by atoms with Gasteiger partial charge in [-0.1, -0.05) is 19.1 Å². The maximum absolute atomic E-state index is 10.8. The summed E-state index contributed by atoms with van der Waals surface area (Å²) in [4.78, 5) is 20.9. The molecule has 0 fully saturated rings. The molecule has 0 aliphatic rings. The molecular weight excluding hydrogens is 224 g/mol. The molecule has 6 nitrogen and oxygen atoms in total. The number of carboxylic acids is 1. The first kappa shape index (κ1) is 13.1. The van der Waals surface area contributed by atoms with Crippen LogP contribution in [0.2, 0.25) is 0 Å². The van der Waals surface area contributed by atoms with E-state index in [-0.39, 0.29) is 12.1 Å². The van der Waals surface area contributed by atoms with Crippen LogP contribution in [0.25, 0.3) is 0 Å². The SMILES string of the molecule is CCc1ccc(CC(N)C(=O)O)cc1[N+](=O)[O-]. The lowest BCUT2D eigenvalue weighted by molar-refractivity contribution is -0.385. The fourth-order valence-electron chi connectivity index (χ4n) is 1.55. The van der Waals surface area contributed by atoms with Gasteiger partial charge in [0.2, 0.25) is 0 Å². The van der Waals surface area contributed by atoms with Crippen LogP contribution >= 0.6 is 0 Å². The molecule has 0 radical (unpaired) electrons. The van der Waals surface area contributed by atoms with E-state index >= 15 is 0 Å². The van der Waals surface area contributed by atoms with Crippen LogP contribution in [0, 0.1) is 10.1 Å². The maximum atomic E-state index is 10.8. The van der Waals surface area contributed by atoms with Crippen LogP contribution in [0.3, 0.4) is 0 Å². The second-order valence-corrected chi connectivity index (χ2v) is 3.72. The van der Waals surface area contributed by atoms with Gasteiger partial charge in [-0.15, -0.1) is 0 Å². The van der Waals surface area contributed by atoms with Gasteiger partial charge in [-0.25, -0.2) is 0 Å². The highest BCUT2D eigenvalue weighted by Gasteiger charge is 2.16. The van der Waals surface area contributed by atoms with E-state index in [1.807, 2.05) is 6.92 Å². The first-order valence-electron chi connectivity index (χ1n) is 5.20. The van der Waals surface area contributed by atoms with E-state index in [9.17, 15) is 14.9 Å². The van der Waals surface area contributed by atoms with Gasteiger partial charge in [0.25, 0.3) is 5.69 Å². The smallest absolute Gasteiger partial charge is 0.320 e. The lowest BCUT2D eigenvalue weighted by Crippen LogP contribution is -2.32. The predicted octanol–water partition coefficient (Wildman–Crippen LogP) is 1.11. The van der Waals surface area contributed by atoms with Crippen molar-refractivity contribution in [1.29, 1.82) is 0 Å². The number of nitro groups is 1. The Morgan fingerprint density at radius 1 is 1.59 bits per heavy atom. The summed E-state index contributed by atoms with van der Waals surface area (Å²) in [6.07, 6.45) is 0.641. The van der Waals surface area contributed by atoms with Gasteiger partial charge in [-0.05, 0) is 18.4 Å². The topological polar surface area (TPSA) is 106 Å². The molecule has 1 aromatic rings. The van der Waals surface area contributed by atoms with Crippen LogP contribution in [0.4, 0.5) is 5.69 Å². The third-order valence-electron chi connectivity index (χ3n) is 2.50. The van der Waals surface area contributed by atoms with Crippen LogP contribution in [-0.2, 0) is 17.6 Å². The molecular formula is C11H14N2O4. The average Bonchev–Trinajstić information content (AvgIpc) is 2.28. The number of nitro benzene ring substituents is 1. The van der Waals surface area contributed by atoms with Crippen LogP contribution in [0.15, 0.2) is 18.2 Å². The number of rotatable bonds is 5. The molecule has 1 atom stereocenters. The third-order valence-corrected chi connectivity index (χ3v) is 2.50. The number of aryl methyl sites for hydroxylation is 1. The number of nitrogens with two attached hydrogens (primary N) is 1. The lowest BCUT2D eigenvalue weighted by Gasteiger charge is -2.07. The van der Waals surface area contributed by atoms with Gasteiger partial charge in [0.15, 0.2) is 0 Å². The molecule has 0 saturated heterocycles. The van der Waals surface area contributed by atoms with Crippen LogP contribution in [0.5, 0.6) is 0 Å². The Balaban J connectivity index is 3.00. The molecule has 3 N–H and O–H groups in total. The highest BCUT2D eigenvalue weighted by atomic mass is 16.6. The van der Waals surface area contributed by atoms with E-state index in [1.54, 1.807) is 12.1 Å². The van der Waals surface area contributed by atoms with Crippen molar-refractivity contribution in [3.8, 4) is 0 Å². The monoisotopic (exact) mass is 238 g/mol. The summed E-state index contributed by atoms with van der Waals surface area (Å²) in [7, 11) is 0. The maximum Gasteiger partial charge on any atom is 0.320 e. The molecule has 0 bridgehead atoms. The van der Waals surface area contributed by atoms with Crippen molar-refractivity contribution in [3.63, 3.8) is 0 Å². The lowest BCUT2D eigenvalue weighted by atomic mass is 10.0. The average molecular weight is 238 g/mol. The molecule has 92 valence electrons. The molecule has 0 aromatic heterocycles. The summed E-state index contributed by atoms with van der Waals surface area (Å²) in [6, 6.07) is 3.67. The molecule has 0 amide bonds. The molecule has 0 saturated carbocycles. The van der Waals surface area contributed by atoms with E-state index in [2.05, 4.69) is 0 Å². The Bertz CT molecular complexity index is 445. The van der Waals surface area contributed by atoms with Crippen molar-refractivity contribution in [1.82, 2.24) is 0 Å². The first-order valence-corrected chi connectivity index (χ1v) is 5.20. The van der Waals surface area contributed by atoms with Gasteiger partial charge >= 0.3 is 5.97 Å². The van der Waals surface area contributed by atoms with E-state index in [4.69, 9.17) is 10.8 Å². The molecule has 0 aliphatic heterocycles. The van der Waals surface area contributed by atoms with Crippen molar-refractivity contribution in [2.45, 2.75) is 25.8 Å². The molecule has 6 heteroatoms. The van der Waals surface area contributed by atoms with Crippen molar-refractivity contribution in [2.24, 2.45) is 5.73 Å². The molecule has 0 aliphatic carbocycles. The zero-order chi connectivity index (χ0) is 13.0. The van der Waals surface area contributed by atoms with Crippen LogP contribution in [-0.4, -0.2) is 22.0 Å². The zero-order valence-corrected chi connectivity index (χ0v) is 9.42. The second kappa shape index (κ2) is 5.40. The quantitative estimate of drug-likeness (QED) is 0.590. The highest BCUT2D eigenvalue weighted by molar-refractivity contribution is 5.73. The second-order valence-electron chi connectivity index (χ2n) is 3.72. The number of nitrogens with zero attached hydrogens (tertiary/aromatic N) is 1. The predicted molar refractivity (Wildman–Crippen MR) is 61.8 cm³/mol. The number of hydrogen-bond acceptors (Lipinski definition) is 4. The molecule has 1 unspecified atom stereocenters. The van der Waals surface area contributed by atoms with Gasteiger partial charge in [-0.3, -0.25) is 14.9 Å². The fourth-order valence-corrected chi connectivity index (χ4v) is 1.55. The Morgan fingerprint density at radius 3 is 2.71 bits per heavy atom. The third kappa shape index (κ3) is 3.25. The normalized spacial score (nSPS) is 12.1. The molecule has 0 heterocycles. The number of carboxylic acid groups (broad SMARTS) is 1. The Hall–Kier alpha value is -1.95. The van der Waals surface area contributed by atoms with E-state index in [0.29, 0.717) is 17.5 Å². The highest BCUT2D eigenvalue weighted by Crippen LogP contribution is 2.21. The van der Waals surface area contributed by atoms with Gasteiger partial charge < -0.3 is 10.8 Å². The Labute approximate surface area is 98.2 Å². The molecule has 0 spiro atoms. The van der Waals surface area contributed by atoms with Crippen molar-refractivity contribution < 1.29 is 14.8 Å². The standard InChI is InChI=1S/C11H14N2O4/c1-2-8-4-3-7(5-9(12)11(14)15)6-10(8)13(16)17/h3-4,6,9H,2,5,12H2,1H3,(H,14,15). The van der Waals surface area contributed by atoms with E-state index in [0.717, 1.165) is 0 Å². The minimum absolute atomic E-state index is 0.0163. The molecule has 17 heavy (non-hydrogen) atoms. The van der Waals surface area contributed by atoms with Gasteiger partial charge in [0.05, 0.1) is 4.92 Å². The summed E-state index contributed by atoms with van der Waals surface area (Å²) >= 11 is 0.